The first-order chi connectivity index (χ1) is 11.3. The first-order valence-electron chi connectivity index (χ1n) is 6.60. The van der Waals surface area contributed by atoms with Crippen LogP contribution in [-0.4, -0.2) is 29.7 Å². The molecule has 0 saturated carbocycles. The summed E-state index contributed by atoms with van der Waals surface area (Å²) >= 11 is 11.8. The van der Waals surface area contributed by atoms with Crippen molar-refractivity contribution in [1.29, 1.82) is 0 Å². The van der Waals surface area contributed by atoms with Gasteiger partial charge in [0, 0.05) is 17.2 Å². The topological polar surface area (TPSA) is 73.9 Å². The average molecular weight is 392 g/mol. The molecule has 0 spiro atoms. The molecule has 0 aliphatic heterocycles. The van der Waals surface area contributed by atoms with Crippen molar-refractivity contribution in [2.45, 2.75) is 4.90 Å². The van der Waals surface area contributed by atoms with Crippen LogP contribution in [0.15, 0.2) is 35.2 Å². The van der Waals surface area contributed by atoms with Crippen molar-refractivity contribution in [3.63, 3.8) is 0 Å². The first-order valence-corrected chi connectivity index (χ1v) is 8.84. The molecule has 0 atom stereocenters. The van der Waals surface area contributed by atoms with E-state index in [2.05, 4.69) is 4.72 Å². The summed E-state index contributed by atoms with van der Waals surface area (Å²) in [5.41, 5.74) is 0.223. The van der Waals surface area contributed by atoms with E-state index in [0.717, 1.165) is 0 Å². The monoisotopic (exact) mass is 391 g/mol. The number of hydrogen-bond acceptors (Lipinski definition) is 5. The molecule has 0 aliphatic carbocycles. The molecular weight excluding hydrogens is 377 g/mol. The third kappa shape index (κ3) is 3.80. The number of methoxy groups -OCH3 is 3. The molecule has 24 heavy (non-hydrogen) atoms. The van der Waals surface area contributed by atoms with Gasteiger partial charge >= 0.3 is 0 Å². The van der Waals surface area contributed by atoms with Gasteiger partial charge in [0.1, 0.15) is 4.90 Å². The van der Waals surface area contributed by atoms with Crippen LogP contribution in [0.2, 0.25) is 10.0 Å². The molecule has 0 saturated heterocycles. The lowest BCUT2D eigenvalue weighted by molar-refractivity contribution is 0.325. The number of sulfonamides is 1. The van der Waals surface area contributed by atoms with Crippen LogP contribution in [0.25, 0.3) is 0 Å². The van der Waals surface area contributed by atoms with E-state index in [0.29, 0.717) is 17.2 Å². The molecule has 0 unspecified atom stereocenters. The summed E-state index contributed by atoms with van der Waals surface area (Å²) in [6.45, 7) is 0. The Bertz CT molecular complexity index is 830. The van der Waals surface area contributed by atoms with Gasteiger partial charge in [0.25, 0.3) is 10.0 Å². The van der Waals surface area contributed by atoms with Gasteiger partial charge < -0.3 is 14.2 Å². The van der Waals surface area contributed by atoms with Crippen molar-refractivity contribution in [2.24, 2.45) is 0 Å². The third-order valence-electron chi connectivity index (χ3n) is 3.10. The maximum Gasteiger partial charge on any atom is 0.263 e. The van der Waals surface area contributed by atoms with Crippen LogP contribution >= 0.6 is 23.2 Å². The first kappa shape index (κ1) is 18.5. The molecule has 2 aromatic carbocycles. The highest BCUT2D eigenvalue weighted by Gasteiger charge is 2.21. The van der Waals surface area contributed by atoms with Crippen LogP contribution in [0, 0.1) is 0 Å². The number of hydrogen-bond donors (Lipinski definition) is 1. The highest BCUT2D eigenvalue weighted by Crippen LogP contribution is 2.40. The molecule has 0 amide bonds. The summed E-state index contributed by atoms with van der Waals surface area (Å²) in [7, 11) is 0.368. The normalized spacial score (nSPS) is 11.0. The van der Waals surface area contributed by atoms with Gasteiger partial charge in [0.15, 0.2) is 11.5 Å². The van der Waals surface area contributed by atoms with Crippen LogP contribution in [-0.2, 0) is 10.0 Å². The molecule has 0 aromatic heterocycles. The van der Waals surface area contributed by atoms with E-state index >= 15 is 0 Å². The Labute approximate surface area is 150 Å². The molecular formula is C15H15Cl2NO5S. The van der Waals surface area contributed by atoms with Gasteiger partial charge in [-0.15, -0.1) is 0 Å². The second-order valence-electron chi connectivity index (χ2n) is 4.59. The molecule has 2 rings (SSSR count). The molecule has 2 aromatic rings. The fraction of sp³-hybridized carbons (Fsp3) is 0.200. The Balaban J connectivity index is 2.48. The van der Waals surface area contributed by atoms with Crippen LogP contribution in [0.3, 0.4) is 0 Å². The molecule has 9 heteroatoms. The van der Waals surface area contributed by atoms with Crippen molar-refractivity contribution < 1.29 is 22.6 Å². The predicted molar refractivity (Wildman–Crippen MR) is 93.4 cm³/mol. The van der Waals surface area contributed by atoms with E-state index in [1.807, 2.05) is 0 Å². The van der Waals surface area contributed by atoms with Gasteiger partial charge in [-0.05, 0) is 18.2 Å². The van der Waals surface area contributed by atoms with E-state index < -0.39 is 10.0 Å². The molecule has 0 heterocycles. The number of anilines is 1. The van der Waals surface area contributed by atoms with Crippen molar-refractivity contribution in [3.8, 4) is 17.2 Å². The minimum Gasteiger partial charge on any atom is -0.493 e. The van der Waals surface area contributed by atoms with Crippen LogP contribution in [0.1, 0.15) is 0 Å². The minimum absolute atomic E-state index is 0.0549. The predicted octanol–water partition coefficient (Wildman–Crippen LogP) is 3.82. The SMILES string of the molecule is COc1cc(NS(=O)(=O)c2cc(Cl)ccc2Cl)cc(OC)c1OC. The zero-order valence-electron chi connectivity index (χ0n) is 13.1. The van der Waals surface area contributed by atoms with Crippen LogP contribution < -0.4 is 18.9 Å². The molecule has 0 fully saturated rings. The number of rotatable bonds is 6. The zero-order chi connectivity index (χ0) is 17.9. The molecule has 1 N–H and O–H groups in total. The highest BCUT2D eigenvalue weighted by molar-refractivity contribution is 7.92. The highest BCUT2D eigenvalue weighted by atomic mass is 35.5. The minimum atomic E-state index is -3.95. The number of halogens is 2. The Morgan fingerprint density at radius 1 is 0.917 bits per heavy atom. The number of nitrogens with one attached hydrogen (secondary N) is 1. The lowest BCUT2D eigenvalue weighted by Crippen LogP contribution is -2.14. The van der Waals surface area contributed by atoms with Gasteiger partial charge in [-0.25, -0.2) is 8.42 Å². The average Bonchev–Trinajstić information content (AvgIpc) is 2.55. The third-order valence-corrected chi connectivity index (χ3v) is 5.20. The molecule has 6 nitrogen and oxygen atoms in total. The summed E-state index contributed by atoms with van der Waals surface area (Å²) < 4.78 is 43.1. The lowest BCUT2D eigenvalue weighted by Gasteiger charge is -2.15. The van der Waals surface area contributed by atoms with Gasteiger partial charge in [-0.1, -0.05) is 23.2 Å². The summed E-state index contributed by atoms with van der Waals surface area (Å²) in [5.74, 6) is 0.974. The fourth-order valence-corrected chi connectivity index (χ4v) is 3.84. The quantitative estimate of drug-likeness (QED) is 0.809. The van der Waals surface area contributed by atoms with E-state index in [9.17, 15) is 8.42 Å². The summed E-state index contributed by atoms with van der Waals surface area (Å²) in [5, 5.41) is 0.309. The Morgan fingerprint density at radius 2 is 1.50 bits per heavy atom. The van der Waals surface area contributed by atoms with Gasteiger partial charge in [-0.3, -0.25) is 4.72 Å². The Hall–Kier alpha value is -1.83. The zero-order valence-corrected chi connectivity index (χ0v) is 15.4. The largest absolute Gasteiger partial charge is 0.493 e. The Kier molecular flexibility index (Phi) is 5.69. The van der Waals surface area contributed by atoms with Crippen molar-refractivity contribution >= 4 is 38.9 Å². The molecule has 0 bridgehead atoms. The van der Waals surface area contributed by atoms with Crippen LogP contribution in [0.4, 0.5) is 5.69 Å². The maximum absolute atomic E-state index is 12.6. The smallest absolute Gasteiger partial charge is 0.263 e. The van der Waals surface area contributed by atoms with E-state index in [1.165, 1.54) is 51.7 Å². The summed E-state index contributed by atoms with van der Waals surface area (Å²) in [6.07, 6.45) is 0. The second-order valence-corrected chi connectivity index (χ2v) is 7.09. The van der Waals surface area contributed by atoms with E-state index in [-0.39, 0.29) is 20.6 Å². The van der Waals surface area contributed by atoms with Crippen molar-refractivity contribution in [2.75, 3.05) is 26.1 Å². The van der Waals surface area contributed by atoms with Crippen LogP contribution in [0.5, 0.6) is 17.2 Å². The standard InChI is InChI=1S/C15H15Cl2NO5S/c1-21-12-7-10(8-13(22-2)15(12)23-3)18-24(19,20)14-6-9(16)4-5-11(14)17/h4-8,18H,1-3H3. The number of benzene rings is 2. The van der Waals surface area contributed by atoms with E-state index in [1.54, 1.807) is 0 Å². The lowest BCUT2D eigenvalue weighted by atomic mass is 10.2. The summed E-state index contributed by atoms with van der Waals surface area (Å²) in [6, 6.07) is 7.12. The Morgan fingerprint density at radius 3 is 2.00 bits per heavy atom. The maximum atomic E-state index is 12.6. The van der Waals surface area contributed by atoms with Gasteiger partial charge in [-0.2, -0.15) is 0 Å². The van der Waals surface area contributed by atoms with Gasteiger partial charge in [0.05, 0.1) is 32.0 Å². The molecule has 0 radical (unpaired) electrons. The summed E-state index contributed by atoms with van der Waals surface area (Å²) in [4.78, 5) is -0.134. The number of ether oxygens (including phenoxy) is 3. The van der Waals surface area contributed by atoms with Crippen molar-refractivity contribution in [1.82, 2.24) is 0 Å². The molecule has 0 aliphatic rings. The van der Waals surface area contributed by atoms with Gasteiger partial charge in [0.2, 0.25) is 5.75 Å². The molecule has 130 valence electrons. The van der Waals surface area contributed by atoms with E-state index in [4.69, 9.17) is 37.4 Å². The van der Waals surface area contributed by atoms with Crippen molar-refractivity contribution in [3.05, 3.63) is 40.4 Å². The fourth-order valence-electron chi connectivity index (χ4n) is 2.03. The second kappa shape index (κ2) is 7.38.